The first-order chi connectivity index (χ1) is 13.3. The predicted molar refractivity (Wildman–Crippen MR) is 97.0 cm³/mol. The van der Waals surface area contributed by atoms with Crippen molar-refractivity contribution in [3.05, 3.63) is 59.2 Å². The zero-order chi connectivity index (χ0) is 21.9. The minimum Gasteiger partial charge on any atom is -0.279 e. The summed E-state index contributed by atoms with van der Waals surface area (Å²) in [7, 11) is -5.89. The summed E-state index contributed by atoms with van der Waals surface area (Å²) in [6.07, 6.45) is -3.90. The molecule has 0 aliphatic carbocycles. The molecule has 0 spiro atoms. The van der Waals surface area contributed by atoms with Crippen LogP contribution in [0.4, 0.5) is 37.7 Å². The monoisotopic (exact) mass is 439 g/mol. The molecule has 2 aromatic rings. The normalized spacial score (nSPS) is 12.9. The highest BCUT2D eigenvalue weighted by Crippen LogP contribution is 2.34. The van der Waals surface area contributed by atoms with E-state index in [1.165, 1.54) is 10.9 Å². The van der Waals surface area contributed by atoms with Gasteiger partial charge < -0.3 is 0 Å². The maximum Gasteiger partial charge on any atom is 0.516 e. The minimum absolute atomic E-state index is 0.125. The molecule has 2 aromatic carbocycles. The van der Waals surface area contributed by atoms with Crippen LogP contribution < -0.4 is 10.1 Å². The van der Waals surface area contributed by atoms with Crippen molar-refractivity contribution in [1.82, 2.24) is 0 Å². The van der Waals surface area contributed by atoms with Crippen molar-refractivity contribution < 1.29 is 34.8 Å². The number of nitrogens with one attached hydrogen (secondary N) is 2. The van der Waals surface area contributed by atoms with E-state index in [0.29, 0.717) is 17.8 Å². The van der Waals surface area contributed by atoms with E-state index >= 15 is 0 Å². The number of halogens is 6. The maximum absolute atomic E-state index is 12.9. The second-order valence-corrected chi connectivity index (χ2v) is 7.59. The van der Waals surface area contributed by atoms with E-state index in [2.05, 4.69) is 10.5 Å². The van der Waals surface area contributed by atoms with Gasteiger partial charge in [0.15, 0.2) is 0 Å². The van der Waals surface area contributed by atoms with E-state index in [9.17, 15) is 34.8 Å². The Morgan fingerprint density at radius 2 is 1.62 bits per heavy atom. The van der Waals surface area contributed by atoms with Gasteiger partial charge in [-0.25, -0.2) is 0 Å². The Balaban J connectivity index is 2.25. The van der Waals surface area contributed by atoms with Crippen LogP contribution in [0.3, 0.4) is 0 Å². The molecule has 0 saturated heterocycles. The van der Waals surface area contributed by atoms with Crippen LogP contribution in [0.2, 0.25) is 0 Å². The van der Waals surface area contributed by atoms with Gasteiger partial charge in [0.2, 0.25) is 0 Å². The lowest BCUT2D eigenvalue weighted by Crippen LogP contribution is -2.30. The number of hydrogen-bond donors (Lipinski definition) is 2. The van der Waals surface area contributed by atoms with E-state index < -0.39 is 33.0 Å². The fourth-order valence-electron chi connectivity index (χ4n) is 2.12. The third kappa shape index (κ3) is 6.11. The zero-order valence-electron chi connectivity index (χ0n) is 14.8. The number of alkyl halides is 6. The summed E-state index contributed by atoms with van der Waals surface area (Å²) in [6.45, 7) is 1.88. The van der Waals surface area contributed by atoms with Gasteiger partial charge in [-0.3, -0.25) is 10.1 Å². The van der Waals surface area contributed by atoms with Gasteiger partial charge in [0.25, 0.3) is 0 Å². The standard InChI is InChI=1S/C17H15F6N3O2S/c1-11-2-6-14(7-3-11)25-24-9-8-12-4-5-13(16(18,19)20)10-15(12)26-29(27,28)17(21,22)23/h2-7,9-10,25-26H,8H2,1H3/b24-9+. The van der Waals surface area contributed by atoms with Crippen molar-refractivity contribution in [3.8, 4) is 0 Å². The SMILES string of the molecule is Cc1ccc(N/N=C/Cc2ccc(C(F)(F)F)cc2NS(=O)(=O)C(F)(F)F)cc1. The molecule has 0 amide bonds. The van der Waals surface area contributed by atoms with Gasteiger partial charge in [-0.1, -0.05) is 23.8 Å². The van der Waals surface area contributed by atoms with E-state index in [1.54, 1.807) is 24.3 Å². The smallest absolute Gasteiger partial charge is 0.279 e. The number of benzene rings is 2. The average Bonchev–Trinajstić information content (AvgIpc) is 2.59. The van der Waals surface area contributed by atoms with Crippen molar-refractivity contribution in [2.75, 3.05) is 10.1 Å². The van der Waals surface area contributed by atoms with Crippen LogP contribution in [0.25, 0.3) is 0 Å². The van der Waals surface area contributed by atoms with Crippen molar-refractivity contribution in [2.45, 2.75) is 25.0 Å². The minimum atomic E-state index is -5.89. The van der Waals surface area contributed by atoms with Gasteiger partial charge in [0.1, 0.15) is 0 Å². The molecule has 0 bridgehead atoms. The number of hydrazone groups is 1. The number of rotatable bonds is 6. The van der Waals surface area contributed by atoms with Gasteiger partial charge in [-0.2, -0.15) is 39.9 Å². The number of sulfonamides is 1. The van der Waals surface area contributed by atoms with Gasteiger partial charge >= 0.3 is 21.7 Å². The van der Waals surface area contributed by atoms with Crippen LogP contribution in [0.15, 0.2) is 47.6 Å². The van der Waals surface area contributed by atoms with Crippen molar-refractivity contribution >= 4 is 27.6 Å². The maximum atomic E-state index is 12.9. The highest BCUT2D eigenvalue weighted by molar-refractivity contribution is 7.93. The number of anilines is 2. The Kier molecular flexibility index (Phi) is 6.46. The molecule has 0 saturated carbocycles. The molecule has 0 fully saturated rings. The number of hydrogen-bond acceptors (Lipinski definition) is 4. The molecule has 0 heterocycles. The molecule has 0 aliphatic heterocycles. The molecule has 2 rings (SSSR count). The molecule has 29 heavy (non-hydrogen) atoms. The topological polar surface area (TPSA) is 70.6 Å². The molecule has 158 valence electrons. The lowest BCUT2D eigenvalue weighted by atomic mass is 10.1. The Labute approximate surface area is 162 Å². The summed E-state index contributed by atoms with van der Waals surface area (Å²) in [5.74, 6) is 0. The highest BCUT2D eigenvalue weighted by Gasteiger charge is 2.46. The Hall–Kier alpha value is -2.76. The molecule has 0 unspecified atom stereocenters. The molecule has 0 aromatic heterocycles. The van der Waals surface area contributed by atoms with Crippen molar-refractivity contribution in [1.29, 1.82) is 0 Å². The molecule has 5 nitrogen and oxygen atoms in total. The van der Waals surface area contributed by atoms with Crippen LogP contribution in [-0.4, -0.2) is 20.1 Å². The first kappa shape index (κ1) is 22.5. The first-order valence-corrected chi connectivity index (χ1v) is 9.41. The van der Waals surface area contributed by atoms with Gasteiger partial charge in [-0.05, 0) is 36.8 Å². The third-order valence-electron chi connectivity index (χ3n) is 3.63. The quantitative estimate of drug-likeness (QED) is 0.382. The Morgan fingerprint density at radius 3 is 2.17 bits per heavy atom. The second kappa shape index (κ2) is 8.31. The summed E-state index contributed by atoms with van der Waals surface area (Å²) < 4.78 is 100. The number of nitrogens with zero attached hydrogens (tertiary/aromatic N) is 1. The van der Waals surface area contributed by atoms with Gasteiger partial charge in [0.05, 0.1) is 16.9 Å². The molecule has 12 heteroatoms. The van der Waals surface area contributed by atoms with E-state index in [-0.39, 0.29) is 12.0 Å². The van der Waals surface area contributed by atoms with Crippen LogP contribution in [0.1, 0.15) is 16.7 Å². The summed E-state index contributed by atoms with van der Waals surface area (Å²) >= 11 is 0. The van der Waals surface area contributed by atoms with E-state index in [0.717, 1.165) is 11.6 Å². The molecule has 2 N–H and O–H groups in total. The summed E-state index contributed by atoms with van der Waals surface area (Å²) in [5, 5.41) is 3.83. The van der Waals surface area contributed by atoms with Crippen LogP contribution in [0.5, 0.6) is 0 Å². The van der Waals surface area contributed by atoms with Gasteiger partial charge in [0, 0.05) is 12.6 Å². The molecule has 0 atom stereocenters. The Bertz CT molecular complexity index is 984. The molecule has 0 radical (unpaired) electrons. The lowest BCUT2D eigenvalue weighted by molar-refractivity contribution is -0.137. The summed E-state index contributed by atoms with van der Waals surface area (Å²) in [4.78, 5) is 0. The van der Waals surface area contributed by atoms with E-state index in [1.807, 2.05) is 6.92 Å². The van der Waals surface area contributed by atoms with E-state index in [4.69, 9.17) is 0 Å². The predicted octanol–water partition coefficient (Wildman–Crippen LogP) is 4.92. The average molecular weight is 439 g/mol. The fourth-order valence-corrected chi connectivity index (χ4v) is 2.72. The fraction of sp³-hybridized carbons (Fsp3) is 0.235. The van der Waals surface area contributed by atoms with Crippen molar-refractivity contribution in [2.24, 2.45) is 5.10 Å². The third-order valence-corrected chi connectivity index (χ3v) is 4.73. The zero-order valence-corrected chi connectivity index (χ0v) is 15.6. The summed E-state index contributed by atoms with van der Waals surface area (Å²) in [5.41, 5.74) is -3.68. The Morgan fingerprint density at radius 1 is 1.00 bits per heavy atom. The summed E-state index contributed by atoms with van der Waals surface area (Å²) in [6, 6.07) is 8.87. The largest absolute Gasteiger partial charge is 0.516 e. The first-order valence-electron chi connectivity index (χ1n) is 7.93. The molecule has 0 aliphatic rings. The van der Waals surface area contributed by atoms with Crippen LogP contribution in [0, 0.1) is 6.92 Å². The molecular weight excluding hydrogens is 424 g/mol. The van der Waals surface area contributed by atoms with Crippen molar-refractivity contribution in [3.63, 3.8) is 0 Å². The van der Waals surface area contributed by atoms with Crippen LogP contribution in [-0.2, 0) is 22.6 Å². The molecular formula is C17H15F6N3O2S. The van der Waals surface area contributed by atoms with Gasteiger partial charge in [-0.15, -0.1) is 0 Å². The lowest BCUT2D eigenvalue weighted by Gasteiger charge is -2.16. The highest BCUT2D eigenvalue weighted by atomic mass is 32.2. The second-order valence-electron chi connectivity index (χ2n) is 5.91. The number of aryl methyl sites for hydroxylation is 1. The van der Waals surface area contributed by atoms with Crippen LogP contribution >= 0.6 is 0 Å².